The van der Waals surface area contributed by atoms with E-state index in [-0.39, 0.29) is 23.7 Å². The Morgan fingerprint density at radius 1 is 1.02 bits per heavy atom. The Hall–Kier alpha value is -4.86. The van der Waals surface area contributed by atoms with Gasteiger partial charge in [0.25, 0.3) is 5.91 Å². The molecule has 10 heteroatoms. The number of ether oxygens (including phenoxy) is 2. The minimum atomic E-state index is -1.07. The van der Waals surface area contributed by atoms with Gasteiger partial charge in [-0.1, -0.05) is 6.07 Å². The number of ketones is 1. The van der Waals surface area contributed by atoms with Crippen LogP contribution in [-0.2, 0) is 0 Å². The zero-order valence-electron chi connectivity index (χ0n) is 23.0. The predicted octanol–water partition coefficient (Wildman–Crippen LogP) is 4.42. The van der Waals surface area contributed by atoms with Crippen molar-refractivity contribution in [2.75, 3.05) is 27.3 Å². The second-order valence-corrected chi connectivity index (χ2v) is 10.5. The first-order valence-corrected chi connectivity index (χ1v) is 13.3. The second kappa shape index (κ2) is 9.96. The number of carbonyl (C=O) groups is 3. The van der Waals surface area contributed by atoms with E-state index in [0.29, 0.717) is 59.7 Å². The van der Waals surface area contributed by atoms with Gasteiger partial charge in [0, 0.05) is 61.0 Å². The Kier molecular flexibility index (Phi) is 6.40. The molecule has 4 heterocycles. The lowest BCUT2D eigenvalue weighted by atomic mass is 9.82. The first kappa shape index (κ1) is 26.4. The fraction of sp³-hybridized carbons (Fsp3) is 0.290. The van der Waals surface area contributed by atoms with Crippen LogP contribution >= 0.6 is 0 Å². The van der Waals surface area contributed by atoms with Crippen LogP contribution < -0.4 is 14.3 Å². The van der Waals surface area contributed by atoms with Gasteiger partial charge in [0.15, 0.2) is 5.78 Å². The highest BCUT2D eigenvalue weighted by Crippen LogP contribution is 2.41. The molecule has 4 aromatic rings. The number of Topliss-reactive ketones (excluding diaryl/α,β-unsaturated/α-hetero) is 1. The van der Waals surface area contributed by atoms with Crippen LogP contribution in [-0.4, -0.2) is 70.3 Å². The summed E-state index contributed by atoms with van der Waals surface area (Å²) in [6.45, 7) is 2.85. The van der Waals surface area contributed by atoms with Gasteiger partial charge in [-0.15, -0.1) is 0 Å². The number of hydrogen-bond donors (Lipinski definition) is 1. The van der Waals surface area contributed by atoms with E-state index in [1.807, 2.05) is 19.2 Å². The highest BCUT2D eigenvalue weighted by Gasteiger charge is 2.44. The third-order valence-corrected chi connectivity index (χ3v) is 8.06. The number of aromatic nitrogens is 2. The molecule has 1 saturated heterocycles. The number of methoxy groups -OCH3 is 1. The van der Waals surface area contributed by atoms with Crippen LogP contribution in [0.2, 0.25) is 0 Å². The molecular weight excluding hydrogens is 526 g/mol. The van der Waals surface area contributed by atoms with Gasteiger partial charge in [-0.2, -0.15) is 4.73 Å². The summed E-state index contributed by atoms with van der Waals surface area (Å²) in [4.78, 5) is 49.5. The number of piperidine rings is 1. The van der Waals surface area contributed by atoms with Gasteiger partial charge in [0.05, 0.1) is 30.2 Å². The van der Waals surface area contributed by atoms with Crippen LogP contribution in [0, 0.1) is 6.92 Å². The van der Waals surface area contributed by atoms with Crippen LogP contribution in [0.1, 0.15) is 55.9 Å². The number of carboxylic acids is 1. The average molecular weight is 556 g/mol. The summed E-state index contributed by atoms with van der Waals surface area (Å²) in [6, 6.07) is 10.4. The summed E-state index contributed by atoms with van der Waals surface area (Å²) >= 11 is 0. The zero-order valence-corrected chi connectivity index (χ0v) is 23.0. The molecule has 2 aliphatic rings. The normalized spacial score (nSPS) is 15.9. The maximum absolute atomic E-state index is 13.6. The van der Waals surface area contributed by atoms with Crippen molar-refractivity contribution in [1.82, 2.24) is 14.6 Å². The van der Waals surface area contributed by atoms with E-state index in [1.54, 1.807) is 54.3 Å². The molecule has 0 unspecified atom stereocenters. The molecule has 41 heavy (non-hydrogen) atoms. The van der Waals surface area contributed by atoms with Crippen molar-refractivity contribution in [3.63, 3.8) is 0 Å². The number of amides is 1. The molecule has 6 rings (SSSR count). The molecule has 0 atom stereocenters. The lowest BCUT2D eigenvalue weighted by Crippen LogP contribution is -2.52. The number of pyridine rings is 1. The maximum Gasteiger partial charge on any atom is 0.337 e. The molecule has 1 spiro atoms. The number of aryl methyl sites for hydroxylation is 1. The molecule has 0 aliphatic carbocycles. The smallest absolute Gasteiger partial charge is 0.337 e. The summed E-state index contributed by atoms with van der Waals surface area (Å²) < 4.78 is 13.7. The summed E-state index contributed by atoms with van der Waals surface area (Å²) in [5.41, 5.74) is 3.38. The maximum atomic E-state index is 13.6. The highest BCUT2D eigenvalue weighted by molar-refractivity contribution is 6.02. The third-order valence-electron chi connectivity index (χ3n) is 8.06. The predicted molar refractivity (Wildman–Crippen MR) is 150 cm³/mol. The van der Waals surface area contributed by atoms with Crippen molar-refractivity contribution < 1.29 is 33.8 Å². The molecule has 0 saturated carbocycles. The van der Waals surface area contributed by atoms with Crippen molar-refractivity contribution in [3.8, 4) is 22.6 Å². The lowest BCUT2D eigenvalue weighted by Gasteiger charge is -2.44. The van der Waals surface area contributed by atoms with Crippen molar-refractivity contribution in [1.29, 1.82) is 0 Å². The monoisotopic (exact) mass is 555 g/mol. The van der Waals surface area contributed by atoms with Crippen LogP contribution in [0.15, 0.2) is 55.0 Å². The van der Waals surface area contributed by atoms with E-state index in [1.165, 1.54) is 12.3 Å². The number of fused-ring (bicyclic) bond motifs is 2. The SMILES string of the molecule is COc1cc(C(=O)N2CCC3(CC2)CC(=O)c2cc(-c4cncc(C(=O)O)c4)ccc2O3)cc2c1c(C)cn2OC. The first-order valence-electron chi connectivity index (χ1n) is 13.3. The zero-order chi connectivity index (χ0) is 28.9. The van der Waals surface area contributed by atoms with Gasteiger partial charge in [0.1, 0.15) is 24.2 Å². The van der Waals surface area contributed by atoms with E-state index >= 15 is 0 Å². The number of rotatable bonds is 5. The third kappa shape index (κ3) is 4.55. The van der Waals surface area contributed by atoms with Crippen LogP contribution in [0.5, 0.6) is 11.5 Å². The van der Waals surface area contributed by atoms with Gasteiger partial charge in [-0.05, 0) is 48.4 Å². The Morgan fingerprint density at radius 2 is 1.80 bits per heavy atom. The van der Waals surface area contributed by atoms with Gasteiger partial charge >= 0.3 is 5.97 Å². The molecule has 10 nitrogen and oxygen atoms in total. The average Bonchev–Trinajstić information content (AvgIpc) is 3.32. The van der Waals surface area contributed by atoms with E-state index in [2.05, 4.69) is 4.98 Å². The molecule has 0 bridgehead atoms. The number of hydrogen-bond acceptors (Lipinski definition) is 7. The number of carboxylic acid groups (broad SMARTS) is 1. The number of nitrogens with zero attached hydrogens (tertiary/aromatic N) is 3. The Balaban J connectivity index is 1.20. The molecule has 0 radical (unpaired) electrons. The van der Waals surface area contributed by atoms with Gasteiger partial charge in [-0.25, -0.2) is 4.79 Å². The lowest BCUT2D eigenvalue weighted by molar-refractivity contribution is -0.00572. The fourth-order valence-electron chi connectivity index (χ4n) is 5.88. The van der Waals surface area contributed by atoms with E-state index < -0.39 is 11.6 Å². The minimum Gasteiger partial charge on any atom is -0.496 e. The van der Waals surface area contributed by atoms with Gasteiger partial charge in [-0.3, -0.25) is 14.6 Å². The summed E-state index contributed by atoms with van der Waals surface area (Å²) in [5.74, 6) is -0.122. The number of benzene rings is 2. The molecule has 1 N–H and O–H groups in total. The van der Waals surface area contributed by atoms with Crippen molar-refractivity contribution in [2.24, 2.45) is 0 Å². The topological polar surface area (TPSA) is 120 Å². The second-order valence-electron chi connectivity index (χ2n) is 10.5. The Bertz CT molecular complexity index is 1720. The number of carbonyl (C=O) groups excluding carboxylic acids is 2. The van der Waals surface area contributed by atoms with E-state index in [4.69, 9.17) is 14.3 Å². The molecule has 2 aliphatic heterocycles. The van der Waals surface area contributed by atoms with Crippen molar-refractivity contribution in [3.05, 3.63) is 77.2 Å². The molecule has 2 aromatic heterocycles. The summed E-state index contributed by atoms with van der Waals surface area (Å²) in [6.07, 6.45) is 5.95. The molecular formula is C31H29N3O7. The van der Waals surface area contributed by atoms with Crippen molar-refractivity contribution >= 4 is 28.6 Å². The quantitative estimate of drug-likeness (QED) is 0.384. The molecule has 1 amide bonds. The molecule has 1 fully saturated rings. The number of likely N-dealkylation sites (tertiary alicyclic amines) is 1. The first-order chi connectivity index (χ1) is 19.7. The fourth-order valence-corrected chi connectivity index (χ4v) is 5.88. The van der Waals surface area contributed by atoms with Crippen molar-refractivity contribution in [2.45, 2.75) is 31.8 Å². The highest BCUT2D eigenvalue weighted by atomic mass is 16.6. The minimum absolute atomic E-state index is 0.0406. The van der Waals surface area contributed by atoms with Gasteiger partial charge in [0.2, 0.25) is 0 Å². The van der Waals surface area contributed by atoms with E-state index in [0.717, 1.165) is 16.5 Å². The Morgan fingerprint density at radius 3 is 2.51 bits per heavy atom. The van der Waals surface area contributed by atoms with E-state index in [9.17, 15) is 19.5 Å². The number of aromatic carboxylic acids is 1. The van der Waals surface area contributed by atoms with Gasteiger partial charge < -0.3 is 24.3 Å². The standard InChI is InChI=1S/C31H29N3O7/c1-18-17-34(40-3)24-12-20(13-27(39-2)28(18)24)29(36)33-8-6-31(7-9-33)14-25(35)23-11-19(4-5-26(23)41-31)21-10-22(30(37)38)16-32-15-21/h4-5,10-13,15-17H,6-9,14H2,1-3H3,(H,37,38). The molecule has 210 valence electrons. The van der Waals surface area contributed by atoms with Crippen LogP contribution in [0.3, 0.4) is 0 Å². The summed E-state index contributed by atoms with van der Waals surface area (Å²) in [5, 5.41) is 10.2. The van der Waals surface area contributed by atoms with Crippen LogP contribution in [0.25, 0.3) is 22.0 Å². The van der Waals surface area contributed by atoms with Crippen LogP contribution in [0.4, 0.5) is 0 Å². The Labute approximate surface area is 236 Å². The largest absolute Gasteiger partial charge is 0.496 e. The molecule has 2 aromatic carbocycles. The summed E-state index contributed by atoms with van der Waals surface area (Å²) in [7, 11) is 3.15.